The summed E-state index contributed by atoms with van der Waals surface area (Å²) in [6, 6.07) is 3.22. The van der Waals surface area contributed by atoms with Crippen molar-refractivity contribution >= 4 is 23.7 Å². The Bertz CT molecular complexity index is 1390. The highest BCUT2D eigenvalue weighted by Crippen LogP contribution is 2.43. The average molecular weight is 557 g/mol. The number of fused-ring (bicyclic) bond motifs is 3. The minimum Gasteiger partial charge on any atom is -0.493 e. The number of aliphatic carboxylic acids is 1. The molecule has 2 aromatic rings. The summed E-state index contributed by atoms with van der Waals surface area (Å²) in [6.45, 7) is 0.809. The van der Waals surface area contributed by atoms with Crippen LogP contribution in [0.25, 0.3) is 11.1 Å². The number of rotatable bonds is 9. The SMILES string of the molecule is COc1ccc2c(cc1=O)[C@@H](N(C(C)=O)C(=O)[C@H](CC(=O)O)NC(C)=O)CCc1cc(CO)c(CO)c(CO)c1-2. The molecule has 0 saturated heterocycles. The van der Waals surface area contributed by atoms with E-state index in [9.17, 15) is 44.4 Å². The van der Waals surface area contributed by atoms with Crippen molar-refractivity contribution in [1.82, 2.24) is 10.2 Å². The van der Waals surface area contributed by atoms with Gasteiger partial charge in [0.1, 0.15) is 6.04 Å². The summed E-state index contributed by atoms with van der Waals surface area (Å²) in [6.07, 6.45) is -0.471. The zero-order valence-electron chi connectivity index (χ0n) is 22.4. The Balaban J connectivity index is 2.37. The van der Waals surface area contributed by atoms with Gasteiger partial charge in [-0.25, -0.2) is 0 Å². The van der Waals surface area contributed by atoms with Gasteiger partial charge in [0.25, 0.3) is 5.91 Å². The second-order valence-corrected chi connectivity index (χ2v) is 9.41. The van der Waals surface area contributed by atoms with Crippen LogP contribution in [0.4, 0.5) is 0 Å². The zero-order valence-corrected chi connectivity index (χ0v) is 22.4. The molecule has 0 spiro atoms. The fraction of sp³-hybridized carbons (Fsp3) is 0.393. The molecule has 3 amide bonds. The van der Waals surface area contributed by atoms with Crippen LogP contribution in [0.2, 0.25) is 0 Å². The number of aliphatic hydroxyl groups is 3. The number of aliphatic hydroxyl groups excluding tert-OH is 3. The molecule has 0 unspecified atom stereocenters. The average Bonchev–Trinajstić information content (AvgIpc) is 3.14. The molecule has 2 aromatic carbocycles. The van der Waals surface area contributed by atoms with E-state index in [2.05, 4.69) is 5.32 Å². The second-order valence-electron chi connectivity index (χ2n) is 9.41. The fourth-order valence-corrected chi connectivity index (χ4v) is 5.28. The van der Waals surface area contributed by atoms with E-state index in [1.54, 1.807) is 12.1 Å². The third-order valence-electron chi connectivity index (χ3n) is 6.93. The van der Waals surface area contributed by atoms with E-state index >= 15 is 0 Å². The Kier molecular flexibility index (Phi) is 9.74. The summed E-state index contributed by atoms with van der Waals surface area (Å²) in [4.78, 5) is 63.9. The summed E-state index contributed by atoms with van der Waals surface area (Å²) in [5.41, 5.74) is 2.14. The molecule has 1 aliphatic carbocycles. The third kappa shape index (κ3) is 6.03. The number of nitrogens with zero attached hydrogens (tertiary/aromatic N) is 1. The molecule has 40 heavy (non-hydrogen) atoms. The summed E-state index contributed by atoms with van der Waals surface area (Å²) < 4.78 is 5.20. The first-order valence-electron chi connectivity index (χ1n) is 12.5. The van der Waals surface area contributed by atoms with Crippen LogP contribution in [0.5, 0.6) is 5.75 Å². The number of aryl methyl sites for hydroxylation is 1. The van der Waals surface area contributed by atoms with E-state index in [4.69, 9.17) is 4.74 Å². The van der Waals surface area contributed by atoms with Gasteiger partial charge in [0.15, 0.2) is 5.75 Å². The number of ether oxygens (including phenoxy) is 1. The molecule has 0 heterocycles. The van der Waals surface area contributed by atoms with Crippen molar-refractivity contribution in [1.29, 1.82) is 0 Å². The number of amides is 3. The standard InChI is InChI=1S/C28H32N2O10/c1-14(34)29-22(10-26(37)38)28(39)30(15(2)35)23-6-4-16-8-17(11-31)20(12-32)21(13-33)27(16)18-5-7-25(40-3)24(36)9-19(18)23/h5,7-9,22-23,31-33H,4,6,10-13H2,1-3H3,(H,29,34)(H,37,38)/t22-,23-/m0/s1. The summed E-state index contributed by atoms with van der Waals surface area (Å²) >= 11 is 0. The van der Waals surface area contributed by atoms with E-state index < -0.39 is 67.4 Å². The third-order valence-corrected chi connectivity index (χ3v) is 6.93. The monoisotopic (exact) mass is 556 g/mol. The molecule has 0 bridgehead atoms. The number of carbonyl (C=O) groups is 4. The fourth-order valence-electron chi connectivity index (χ4n) is 5.28. The smallest absolute Gasteiger partial charge is 0.305 e. The van der Waals surface area contributed by atoms with Crippen molar-refractivity contribution in [3.8, 4) is 16.9 Å². The van der Waals surface area contributed by atoms with Crippen LogP contribution in [0, 0.1) is 0 Å². The van der Waals surface area contributed by atoms with Gasteiger partial charge in [0.05, 0.1) is 39.4 Å². The number of carboxylic acids is 1. The number of benzene rings is 1. The summed E-state index contributed by atoms with van der Waals surface area (Å²) in [7, 11) is 1.30. The molecule has 1 aliphatic rings. The molecular formula is C28H32N2O10. The van der Waals surface area contributed by atoms with E-state index in [1.165, 1.54) is 19.2 Å². The van der Waals surface area contributed by atoms with Gasteiger partial charge in [-0.05, 0) is 63.9 Å². The second kappa shape index (κ2) is 12.8. The van der Waals surface area contributed by atoms with Crippen molar-refractivity contribution in [2.45, 2.75) is 65.0 Å². The van der Waals surface area contributed by atoms with E-state index in [0.29, 0.717) is 33.4 Å². The maximum Gasteiger partial charge on any atom is 0.305 e. The van der Waals surface area contributed by atoms with Crippen molar-refractivity contribution in [3.63, 3.8) is 0 Å². The minimum absolute atomic E-state index is 0.0315. The molecule has 214 valence electrons. The number of hydrogen-bond acceptors (Lipinski definition) is 9. The molecule has 0 aromatic heterocycles. The number of imide groups is 1. The Morgan fingerprint density at radius 3 is 2.25 bits per heavy atom. The first-order chi connectivity index (χ1) is 19.0. The van der Waals surface area contributed by atoms with Crippen LogP contribution in [-0.2, 0) is 45.4 Å². The van der Waals surface area contributed by atoms with E-state index in [0.717, 1.165) is 18.7 Å². The molecule has 12 nitrogen and oxygen atoms in total. The highest BCUT2D eigenvalue weighted by molar-refractivity contribution is 6.00. The lowest BCUT2D eigenvalue weighted by molar-refractivity contribution is -0.152. The number of methoxy groups -OCH3 is 1. The lowest BCUT2D eigenvalue weighted by atomic mass is 9.87. The molecular weight excluding hydrogens is 524 g/mol. The van der Waals surface area contributed by atoms with Crippen LogP contribution >= 0.6 is 0 Å². The maximum absolute atomic E-state index is 13.7. The number of nitrogens with one attached hydrogen (secondary N) is 1. The van der Waals surface area contributed by atoms with E-state index in [-0.39, 0.29) is 24.2 Å². The Morgan fingerprint density at radius 1 is 1.05 bits per heavy atom. The van der Waals surface area contributed by atoms with Gasteiger partial charge in [0.2, 0.25) is 17.2 Å². The van der Waals surface area contributed by atoms with E-state index in [1.807, 2.05) is 0 Å². The molecule has 12 heteroatoms. The lowest BCUT2D eigenvalue weighted by Crippen LogP contribution is -2.51. The van der Waals surface area contributed by atoms with Crippen molar-refractivity contribution < 1.29 is 44.3 Å². The van der Waals surface area contributed by atoms with Crippen LogP contribution < -0.4 is 15.5 Å². The van der Waals surface area contributed by atoms with Crippen LogP contribution in [0.15, 0.2) is 29.1 Å². The highest BCUT2D eigenvalue weighted by atomic mass is 16.5. The first-order valence-corrected chi connectivity index (χ1v) is 12.5. The van der Waals surface area contributed by atoms with Gasteiger partial charge in [-0.1, -0.05) is 12.1 Å². The van der Waals surface area contributed by atoms with Gasteiger partial charge in [-0.3, -0.25) is 28.9 Å². The Morgan fingerprint density at radius 2 is 1.73 bits per heavy atom. The molecule has 3 rings (SSSR count). The molecule has 0 fully saturated rings. The number of carboxylic acid groups (broad SMARTS) is 1. The largest absolute Gasteiger partial charge is 0.493 e. The van der Waals surface area contributed by atoms with Crippen molar-refractivity contribution in [2.75, 3.05) is 7.11 Å². The quantitative estimate of drug-likeness (QED) is 0.291. The molecule has 2 atom stereocenters. The Labute approximate surface area is 229 Å². The van der Waals surface area contributed by atoms with Gasteiger partial charge >= 0.3 is 5.97 Å². The van der Waals surface area contributed by atoms with Crippen molar-refractivity contribution in [3.05, 3.63) is 62.3 Å². The van der Waals surface area contributed by atoms with Gasteiger partial charge in [-0.15, -0.1) is 0 Å². The first kappa shape index (κ1) is 30.4. The molecule has 0 radical (unpaired) electrons. The topological polar surface area (TPSA) is 191 Å². The predicted octanol–water partition coefficient (Wildman–Crippen LogP) is 0.541. The van der Waals surface area contributed by atoms with Gasteiger partial charge in [-0.2, -0.15) is 0 Å². The molecule has 0 aliphatic heterocycles. The molecule has 0 saturated carbocycles. The number of carbonyl (C=O) groups excluding carboxylic acids is 3. The molecule has 5 N–H and O–H groups in total. The summed E-state index contributed by atoms with van der Waals surface area (Å²) in [5, 5.41) is 42.0. The summed E-state index contributed by atoms with van der Waals surface area (Å²) in [5.74, 6) is -3.78. The maximum atomic E-state index is 13.7. The van der Waals surface area contributed by atoms with Gasteiger partial charge in [0, 0.05) is 13.8 Å². The normalized spacial score (nSPS) is 14.7. The predicted molar refractivity (Wildman–Crippen MR) is 141 cm³/mol. The van der Waals surface area contributed by atoms with Crippen LogP contribution in [0.3, 0.4) is 0 Å². The Hall–Kier alpha value is -4.13. The van der Waals surface area contributed by atoms with Crippen molar-refractivity contribution in [2.24, 2.45) is 0 Å². The van der Waals surface area contributed by atoms with Crippen LogP contribution in [-0.4, -0.2) is 62.2 Å². The highest BCUT2D eigenvalue weighted by Gasteiger charge is 2.38. The minimum atomic E-state index is -1.55. The number of hydrogen-bond donors (Lipinski definition) is 5. The van der Waals surface area contributed by atoms with Gasteiger partial charge < -0.3 is 30.5 Å². The zero-order chi connectivity index (χ0) is 29.7. The lowest BCUT2D eigenvalue weighted by Gasteiger charge is -2.32. The van der Waals surface area contributed by atoms with Crippen LogP contribution in [0.1, 0.15) is 60.5 Å².